The number of likely N-dealkylation sites (tertiary alicyclic amines) is 1. The third-order valence-corrected chi connectivity index (χ3v) is 4.13. The van der Waals surface area contributed by atoms with Gasteiger partial charge in [0.15, 0.2) is 0 Å². The van der Waals surface area contributed by atoms with Gasteiger partial charge < -0.3 is 15.1 Å². The molecule has 0 unspecified atom stereocenters. The van der Waals surface area contributed by atoms with E-state index < -0.39 is 0 Å². The molecule has 0 spiro atoms. The molecule has 0 bridgehead atoms. The number of hydrogen-bond acceptors (Lipinski definition) is 4. The number of nitriles is 1. The first-order chi connectivity index (χ1) is 10.2. The van der Waals surface area contributed by atoms with Crippen LogP contribution in [-0.4, -0.2) is 56.1 Å². The summed E-state index contributed by atoms with van der Waals surface area (Å²) in [5.74, 6) is 0. The molecule has 1 aromatic rings. The summed E-state index contributed by atoms with van der Waals surface area (Å²) >= 11 is 0. The lowest BCUT2D eigenvalue weighted by Gasteiger charge is -2.33. The first kappa shape index (κ1) is 16.0. The van der Waals surface area contributed by atoms with E-state index in [1.54, 1.807) is 0 Å². The number of nitrogens with zero attached hydrogens (tertiary/aromatic N) is 3. The number of nitrogens with one attached hydrogen (secondary N) is 1. The van der Waals surface area contributed by atoms with Gasteiger partial charge in [-0.3, -0.25) is 0 Å². The van der Waals surface area contributed by atoms with Crippen LogP contribution in [-0.2, 0) is 6.54 Å². The van der Waals surface area contributed by atoms with Crippen molar-refractivity contribution in [3.05, 3.63) is 35.4 Å². The largest absolute Gasteiger partial charge is 0.310 e. The van der Waals surface area contributed by atoms with Gasteiger partial charge in [0.05, 0.1) is 11.6 Å². The summed E-state index contributed by atoms with van der Waals surface area (Å²) in [4.78, 5) is 4.80. The van der Waals surface area contributed by atoms with Gasteiger partial charge in [0.2, 0.25) is 0 Å². The zero-order chi connectivity index (χ0) is 15.1. The second-order valence-corrected chi connectivity index (χ2v) is 6.11. The number of likely N-dealkylation sites (N-methyl/N-ethyl adjacent to an activating group) is 1. The van der Waals surface area contributed by atoms with Gasteiger partial charge in [0.1, 0.15) is 0 Å². The average Bonchev–Trinajstić information content (AvgIpc) is 2.52. The normalized spacial score (nSPS) is 17.0. The van der Waals surface area contributed by atoms with Crippen LogP contribution in [0.25, 0.3) is 0 Å². The van der Waals surface area contributed by atoms with Crippen LogP contribution in [0.4, 0.5) is 0 Å². The Kier molecular flexibility index (Phi) is 6.19. The minimum atomic E-state index is 0.622. The second kappa shape index (κ2) is 8.14. The fourth-order valence-electron chi connectivity index (χ4n) is 2.66. The number of hydrogen-bond donors (Lipinski definition) is 1. The van der Waals surface area contributed by atoms with Gasteiger partial charge in [-0.05, 0) is 57.7 Å². The van der Waals surface area contributed by atoms with Gasteiger partial charge in [0.25, 0.3) is 0 Å². The highest BCUT2D eigenvalue weighted by molar-refractivity contribution is 5.31. The summed E-state index contributed by atoms with van der Waals surface area (Å²) in [7, 11) is 4.26. The molecule has 1 heterocycles. The van der Waals surface area contributed by atoms with Gasteiger partial charge in [0, 0.05) is 25.7 Å². The summed E-state index contributed by atoms with van der Waals surface area (Å²) in [5.41, 5.74) is 1.98. The maximum atomic E-state index is 8.79. The lowest BCUT2D eigenvalue weighted by Crippen LogP contribution is -2.44. The Morgan fingerprint density at radius 1 is 1.24 bits per heavy atom. The maximum Gasteiger partial charge on any atom is 0.0991 e. The van der Waals surface area contributed by atoms with Crippen molar-refractivity contribution >= 4 is 0 Å². The standard InChI is InChI=1S/C17H26N4/c1-20(2)11-12-21-9-7-17(8-10-21)19-14-16-5-3-15(13-18)4-6-16/h3-6,17,19H,7-12,14H2,1-2H3. The zero-order valence-electron chi connectivity index (χ0n) is 13.2. The minimum Gasteiger partial charge on any atom is -0.310 e. The fraction of sp³-hybridized carbons (Fsp3) is 0.588. The van der Waals surface area contributed by atoms with Crippen molar-refractivity contribution in [2.45, 2.75) is 25.4 Å². The van der Waals surface area contributed by atoms with E-state index in [1.165, 1.54) is 38.0 Å². The quantitative estimate of drug-likeness (QED) is 0.864. The molecule has 0 aromatic heterocycles. The molecule has 0 atom stereocenters. The Morgan fingerprint density at radius 3 is 2.48 bits per heavy atom. The van der Waals surface area contributed by atoms with E-state index >= 15 is 0 Å². The second-order valence-electron chi connectivity index (χ2n) is 6.11. The van der Waals surface area contributed by atoms with E-state index in [1.807, 2.05) is 24.3 Å². The third kappa shape index (κ3) is 5.47. The van der Waals surface area contributed by atoms with E-state index in [0.29, 0.717) is 6.04 Å². The van der Waals surface area contributed by atoms with Gasteiger partial charge in [-0.2, -0.15) is 5.26 Å². The van der Waals surface area contributed by atoms with Crippen LogP contribution in [0.1, 0.15) is 24.0 Å². The van der Waals surface area contributed by atoms with E-state index in [9.17, 15) is 0 Å². The van der Waals surface area contributed by atoms with Crippen molar-refractivity contribution < 1.29 is 0 Å². The van der Waals surface area contributed by atoms with Gasteiger partial charge in [-0.1, -0.05) is 12.1 Å². The van der Waals surface area contributed by atoms with E-state index in [-0.39, 0.29) is 0 Å². The number of benzene rings is 1. The monoisotopic (exact) mass is 286 g/mol. The molecule has 4 heteroatoms. The molecular weight excluding hydrogens is 260 g/mol. The Morgan fingerprint density at radius 2 is 1.90 bits per heavy atom. The predicted molar refractivity (Wildman–Crippen MR) is 86.0 cm³/mol. The summed E-state index contributed by atoms with van der Waals surface area (Å²) in [5, 5.41) is 12.4. The molecule has 1 N–H and O–H groups in total. The summed E-state index contributed by atoms with van der Waals surface area (Å²) < 4.78 is 0. The van der Waals surface area contributed by atoms with Crippen LogP contribution in [0.2, 0.25) is 0 Å². The molecule has 1 aliphatic heterocycles. The van der Waals surface area contributed by atoms with Crippen molar-refractivity contribution in [3.8, 4) is 6.07 Å². The van der Waals surface area contributed by atoms with Crippen LogP contribution >= 0.6 is 0 Å². The molecule has 1 fully saturated rings. The molecule has 1 saturated heterocycles. The molecule has 0 aliphatic carbocycles. The SMILES string of the molecule is CN(C)CCN1CCC(NCc2ccc(C#N)cc2)CC1. The third-order valence-electron chi connectivity index (χ3n) is 4.13. The summed E-state index contributed by atoms with van der Waals surface area (Å²) in [6, 6.07) is 10.6. The van der Waals surface area contributed by atoms with Crippen molar-refractivity contribution in [1.82, 2.24) is 15.1 Å². The van der Waals surface area contributed by atoms with Crippen molar-refractivity contribution in [2.24, 2.45) is 0 Å². The van der Waals surface area contributed by atoms with Crippen molar-refractivity contribution in [1.29, 1.82) is 5.26 Å². The van der Waals surface area contributed by atoms with Crippen LogP contribution in [0, 0.1) is 11.3 Å². The smallest absolute Gasteiger partial charge is 0.0991 e. The Hall–Kier alpha value is -1.41. The molecule has 0 saturated carbocycles. The maximum absolute atomic E-state index is 8.79. The van der Waals surface area contributed by atoms with Crippen LogP contribution in [0.5, 0.6) is 0 Å². The van der Waals surface area contributed by atoms with E-state index in [4.69, 9.17) is 5.26 Å². The summed E-state index contributed by atoms with van der Waals surface area (Å²) in [6.45, 7) is 5.60. The van der Waals surface area contributed by atoms with E-state index in [0.717, 1.165) is 18.7 Å². The lowest BCUT2D eigenvalue weighted by atomic mass is 10.0. The number of rotatable bonds is 6. The van der Waals surface area contributed by atoms with Crippen molar-refractivity contribution in [2.75, 3.05) is 40.3 Å². The zero-order valence-corrected chi connectivity index (χ0v) is 13.2. The molecule has 0 radical (unpaired) electrons. The molecule has 4 nitrogen and oxygen atoms in total. The molecule has 114 valence electrons. The topological polar surface area (TPSA) is 42.3 Å². The highest BCUT2D eigenvalue weighted by Gasteiger charge is 2.18. The Bertz CT molecular complexity index is 453. The molecular formula is C17H26N4. The Labute approximate surface area is 128 Å². The molecule has 21 heavy (non-hydrogen) atoms. The highest BCUT2D eigenvalue weighted by Crippen LogP contribution is 2.11. The minimum absolute atomic E-state index is 0.622. The van der Waals surface area contributed by atoms with Crippen molar-refractivity contribution in [3.63, 3.8) is 0 Å². The van der Waals surface area contributed by atoms with Crippen LogP contribution < -0.4 is 5.32 Å². The molecule has 1 aromatic carbocycles. The van der Waals surface area contributed by atoms with Crippen LogP contribution in [0.15, 0.2) is 24.3 Å². The highest BCUT2D eigenvalue weighted by atomic mass is 15.2. The molecule has 0 amide bonds. The fourth-order valence-corrected chi connectivity index (χ4v) is 2.66. The Balaban J connectivity index is 1.67. The van der Waals surface area contributed by atoms with Gasteiger partial charge in [-0.15, -0.1) is 0 Å². The van der Waals surface area contributed by atoms with E-state index in [2.05, 4.69) is 35.3 Å². The predicted octanol–water partition coefficient (Wildman–Crippen LogP) is 1.67. The first-order valence-electron chi connectivity index (χ1n) is 7.77. The first-order valence-corrected chi connectivity index (χ1v) is 7.77. The number of piperidine rings is 1. The lowest BCUT2D eigenvalue weighted by molar-refractivity contribution is 0.182. The average molecular weight is 286 g/mol. The van der Waals surface area contributed by atoms with Gasteiger partial charge >= 0.3 is 0 Å². The summed E-state index contributed by atoms with van der Waals surface area (Å²) in [6.07, 6.45) is 2.45. The van der Waals surface area contributed by atoms with Gasteiger partial charge in [-0.25, -0.2) is 0 Å². The van der Waals surface area contributed by atoms with Crippen LogP contribution in [0.3, 0.4) is 0 Å². The molecule has 2 rings (SSSR count). The molecule has 1 aliphatic rings.